The van der Waals surface area contributed by atoms with E-state index < -0.39 is 0 Å². The van der Waals surface area contributed by atoms with E-state index in [9.17, 15) is 0 Å². The smallest absolute Gasteiger partial charge is 0.238 e. The van der Waals surface area contributed by atoms with Crippen molar-refractivity contribution in [1.29, 1.82) is 0 Å². The van der Waals surface area contributed by atoms with Crippen LogP contribution in [0.5, 0.6) is 11.6 Å². The predicted molar refractivity (Wildman–Crippen MR) is 78.8 cm³/mol. The van der Waals surface area contributed by atoms with Crippen molar-refractivity contribution in [1.82, 2.24) is 9.97 Å². The highest BCUT2D eigenvalue weighted by atomic mass is 127. The number of hydrogen-bond donors (Lipinski definition) is 0. The van der Waals surface area contributed by atoms with Crippen molar-refractivity contribution in [3.8, 4) is 11.6 Å². The molecular weight excluding hydrogens is 339 g/mol. The second kappa shape index (κ2) is 4.89. The van der Waals surface area contributed by atoms with Crippen LogP contribution in [0.4, 0.5) is 0 Å². The van der Waals surface area contributed by atoms with Crippen LogP contribution in [0.1, 0.15) is 0 Å². The van der Waals surface area contributed by atoms with Gasteiger partial charge in [-0.2, -0.15) is 0 Å². The summed E-state index contributed by atoms with van der Waals surface area (Å²) >= 11 is 2.25. The summed E-state index contributed by atoms with van der Waals surface area (Å²) in [6, 6.07) is 15.5. The third-order valence-corrected chi connectivity index (χ3v) is 3.12. The maximum atomic E-state index is 5.69. The molecule has 0 bridgehead atoms. The van der Waals surface area contributed by atoms with Crippen LogP contribution in [-0.2, 0) is 0 Å². The van der Waals surface area contributed by atoms with E-state index in [1.165, 1.54) is 0 Å². The summed E-state index contributed by atoms with van der Waals surface area (Å²) < 4.78 is 6.81. The Hall–Kier alpha value is -1.69. The van der Waals surface area contributed by atoms with Crippen molar-refractivity contribution in [2.24, 2.45) is 0 Å². The molecule has 88 valence electrons. The zero-order valence-corrected chi connectivity index (χ0v) is 11.5. The number of para-hydroxylation sites is 2. The van der Waals surface area contributed by atoms with Crippen LogP contribution in [0.15, 0.2) is 54.7 Å². The molecule has 0 aliphatic heterocycles. The molecule has 4 heteroatoms. The molecule has 0 spiro atoms. The van der Waals surface area contributed by atoms with Gasteiger partial charge in [0, 0.05) is 3.57 Å². The van der Waals surface area contributed by atoms with Gasteiger partial charge in [0.25, 0.3) is 0 Å². The Bertz CT molecular complexity index is 700. The van der Waals surface area contributed by atoms with Gasteiger partial charge in [0.1, 0.15) is 5.75 Å². The predicted octanol–water partition coefficient (Wildman–Crippen LogP) is 4.03. The summed E-state index contributed by atoms with van der Waals surface area (Å²) in [6.45, 7) is 0. The van der Waals surface area contributed by atoms with Crippen LogP contribution < -0.4 is 4.74 Å². The van der Waals surface area contributed by atoms with E-state index in [0.717, 1.165) is 20.4 Å². The number of fused-ring (bicyclic) bond motifs is 1. The van der Waals surface area contributed by atoms with Crippen molar-refractivity contribution in [3.05, 3.63) is 58.3 Å². The Morgan fingerprint density at radius 3 is 2.61 bits per heavy atom. The molecule has 0 saturated carbocycles. The van der Waals surface area contributed by atoms with E-state index >= 15 is 0 Å². The van der Waals surface area contributed by atoms with Gasteiger partial charge < -0.3 is 4.74 Å². The van der Waals surface area contributed by atoms with Gasteiger partial charge in [0.15, 0.2) is 0 Å². The molecule has 0 atom stereocenters. The normalized spacial score (nSPS) is 10.5. The Kier molecular flexibility index (Phi) is 3.10. The first-order valence-corrected chi connectivity index (χ1v) is 6.54. The molecule has 3 nitrogen and oxygen atoms in total. The van der Waals surface area contributed by atoms with Crippen LogP contribution in [0.3, 0.4) is 0 Å². The minimum atomic E-state index is 0.510. The first-order chi connectivity index (χ1) is 8.81. The Morgan fingerprint density at radius 2 is 1.78 bits per heavy atom. The van der Waals surface area contributed by atoms with Crippen LogP contribution in [0, 0.1) is 3.57 Å². The molecular formula is C14H9IN2O. The summed E-state index contributed by atoms with van der Waals surface area (Å²) in [5.41, 5.74) is 1.70. The zero-order chi connectivity index (χ0) is 12.4. The Morgan fingerprint density at radius 1 is 0.944 bits per heavy atom. The highest BCUT2D eigenvalue weighted by Crippen LogP contribution is 2.22. The molecule has 0 saturated heterocycles. The fourth-order valence-corrected chi connectivity index (χ4v) is 2.16. The van der Waals surface area contributed by atoms with Crippen LogP contribution in [-0.4, -0.2) is 9.97 Å². The maximum absolute atomic E-state index is 5.69. The molecule has 2 aromatic carbocycles. The maximum Gasteiger partial charge on any atom is 0.238 e. The molecule has 0 aliphatic rings. The Balaban J connectivity index is 1.95. The second-order valence-corrected chi connectivity index (χ2v) is 5.00. The third-order valence-electron chi connectivity index (χ3n) is 2.44. The highest BCUT2D eigenvalue weighted by molar-refractivity contribution is 14.1. The third kappa shape index (κ3) is 2.43. The largest absolute Gasteiger partial charge is 0.437 e. The lowest BCUT2D eigenvalue weighted by molar-refractivity contribution is 0.462. The summed E-state index contributed by atoms with van der Waals surface area (Å²) in [5.74, 6) is 1.28. The summed E-state index contributed by atoms with van der Waals surface area (Å²) in [4.78, 5) is 8.72. The summed E-state index contributed by atoms with van der Waals surface area (Å²) in [6.07, 6.45) is 1.64. The van der Waals surface area contributed by atoms with E-state index in [1.54, 1.807) is 6.20 Å². The first kappa shape index (κ1) is 11.4. The fraction of sp³-hybridized carbons (Fsp3) is 0. The minimum absolute atomic E-state index is 0.510. The van der Waals surface area contributed by atoms with Crippen LogP contribution in [0.2, 0.25) is 0 Å². The molecule has 1 heterocycles. The van der Waals surface area contributed by atoms with Gasteiger partial charge >= 0.3 is 0 Å². The molecule has 3 aromatic rings. The van der Waals surface area contributed by atoms with Crippen LogP contribution >= 0.6 is 22.6 Å². The molecule has 0 fully saturated rings. The number of ether oxygens (including phenoxy) is 1. The average Bonchev–Trinajstić information content (AvgIpc) is 2.39. The van der Waals surface area contributed by atoms with Gasteiger partial charge in [-0.3, -0.25) is 0 Å². The summed E-state index contributed by atoms with van der Waals surface area (Å²) in [5, 5.41) is 0. The molecule has 3 rings (SSSR count). The van der Waals surface area contributed by atoms with E-state index in [2.05, 4.69) is 32.6 Å². The van der Waals surface area contributed by atoms with Crippen molar-refractivity contribution in [2.45, 2.75) is 0 Å². The van der Waals surface area contributed by atoms with Crippen molar-refractivity contribution in [2.75, 3.05) is 0 Å². The zero-order valence-electron chi connectivity index (χ0n) is 9.38. The van der Waals surface area contributed by atoms with Crippen molar-refractivity contribution >= 4 is 33.6 Å². The standard InChI is InChI=1S/C14H9IN2O/c15-10-4-3-5-11(8-10)18-14-9-16-12-6-1-2-7-13(12)17-14/h1-9H. The summed E-state index contributed by atoms with van der Waals surface area (Å²) in [7, 11) is 0. The van der Waals surface area contributed by atoms with Gasteiger partial charge in [0.2, 0.25) is 5.88 Å². The van der Waals surface area contributed by atoms with Gasteiger partial charge in [-0.05, 0) is 52.9 Å². The van der Waals surface area contributed by atoms with E-state index in [1.807, 2.05) is 48.5 Å². The van der Waals surface area contributed by atoms with Gasteiger partial charge in [0.05, 0.1) is 17.2 Å². The quantitative estimate of drug-likeness (QED) is 0.656. The molecule has 0 N–H and O–H groups in total. The van der Waals surface area contributed by atoms with Gasteiger partial charge in [-0.1, -0.05) is 18.2 Å². The molecule has 1 aromatic heterocycles. The van der Waals surface area contributed by atoms with Crippen molar-refractivity contribution < 1.29 is 4.74 Å². The number of benzene rings is 2. The SMILES string of the molecule is Ic1cccc(Oc2cnc3ccccc3n2)c1. The molecule has 0 unspecified atom stereocenters. The lowest BCUT2D eigenvalue weighted by atomic mass is 10.3. The Labute approximate surface area is 118 Å². The number of hydrogen-bond acceptors (Lipinski definition) is 3. The first-order valence-electron chi connectivity index (χ1n) is 5.46. The van der Waals surface area contributed by atoms with Gasteiger partial charge in [-0.15, -0.1) is 0 Å². The average molecular weight is 348 g/mol. The van der Waals surface area contributed by atoms with Crippen molar-refractivity contribution in [3.63, 3.8) is 0 Å². The van der Waals surface area contributed by atoms with Gasteiger partial charge in [-0.25, -0.2) is 9.97 Å². The number of nitrogens with zero attached hydrogens (tertiary/aromatic N) is 2. The lowest BCUT2D eigenvalue weighted by Gasteiger charge is -2.05. The van der Waals surface area contributed by atoms with E-state index in [-0.39, 0.29) is 0 Å². The number of halogens is 1. The fourth-order valence-electron chi connectivity index (χ4n) is 1.64. The minimum Gasteiger partial charge on any atom is -0.437 e. The number of rotatable bonds is 2. The molecule has 0 aliphatic carbocycles. The molecule has 0 radical (unpaired) electrons. The van der Waals surface area contributed by atoms with E-state index in [4.69, 9.17) is 4.74 Å². The molecule has 0 amide bonds. The molecule has 18 heavy (non-hydrogen) atoms. The topological polar surface area (TPSA) is 35.0 Å². The van der Waals surface area contributed by atoms with E-state index in [0.29, 0.717) is 5.88 Å². The number of aromatic nitrogens is 2. The lowest BCUT2D eigenvalue weighted by Crippen LogP contribution is -1.90. The second-order valence-electron chi connectivity index (χ2n) is 3.76. The van der Waals surface area contributed by atoms with Crippen LogP contribution in [0.25, 0.3) is 11.0 Å². The monoisotopic (exact) mass is 348 g/mol. The highest BCUT2D eigenvalue weighted by Gasteiger charge is 2.02.